The number of hydrogen-bond donors (Lipinski definition) is 0. The molecule has 0 N–H and O–H groups in total. The van der Waals surface area contributed by atoms with Gasteiger partial charge in [0, 0.05) is 0 Å². The summed E-state index contributed by atoms with van der Waals surface area (Å²) in [5.74, 6) is 0. The predicted octanol–water partition coefficient (Wildman–Crippen LogP) is 1.72. The fourth-order valence-corrected chi connectivity index (χ4v) is 0.357. The average Bonchev–Trinajstić information content (AvgIpc) is 1.61. The van der Waals surface area contributed by atoms with Gasteiger partial charge < -0.3 is 0 Å². The number of hydrogen-bond acceptors (Lipinski definition) is 1. The predicted molar refractivity (Wildman–Crippen MR) is 27.2 cm³/mol. The van der Waals surface area contributed by atoms with E-state index in [0.717, 1.165) is 0 Å². The molecule has 1 heterocycles. The van der Waals surface area contributed by atoms with E-state index < -0.39 is 0 Å². The third-order valence-corrected chi connectivity index (χ3v) is 1.16. The Labute approximate surface area is 45.3 Å². The summed E-state index contributed by atoms with van der Waals surface area (Å²) in [6.07, 6.45) is 1.50. The topological polar surface area (TPSA) is 12.4 Å². The van der Waals surface area contributed by atoms with Crippen LogP contribution >= 0.6 is 23.2 Å². The van der Waals surface area contributed by atoms with Crippen molar-refractivity contribution in [3.63, 3.8) is 0 Å². The fourth-order valence-electron chi connectivity index (χ4n) is 0.162. The number of rotatable bonds is 0. The van der Waals surface area contributed by atoms with E-state index >= 15 is 0 Å². The van der Waals surface area contributed by atoms with Crippen molar-refractivity contribution in [1.29, 1.82) is 0 Å². The van der Waals surface area contributed by atoms with Crippen molar-refractivity contribution in [2.24, 2.45) is 4.99 Å². The third kappa shape index (κ3) is 0.441. The highest BCUT2D eigenvalue weighted by Crippen LogP contribution is 2.19. The Hall–Kier alpha value is -0.0100. The molecular weight excluding hydrogens is 121 g/mol. The van der Waals surface area contributed by atoms with Crippen LogP contribution in [0.1, 0.15) is 0 Å². The van der Waals surface area contributed by atoms with Gasteiger partial charge >= 0.3 is 0 Å². The van der Waals surface area contributed by atoms with Gasteiger partial charge in [0.1, 0.15) is 5.16 Å². The molecule has 1 rings (SSSR count). The van der Waals surface area contributed by atoms with E-state index in [9.17, 15) is 0 Å². The normalized spacial score (nSPS) is 18.3. The summed E-state index contributed by atoms with van der Waals surface area (Å²) < 4.78 is 0. The van der Waals surface area contributed by atoms with Crippen molar-refractivity contribution in [2.45, 2.75) is 0 Å². The largest absolute Gasteiger partial charge is 0.241 e. The molecule has 0 aliphatic carbocycles. The van der Waals surface area contributed by atoms with Crippen molar-refractivity contribution in [3.05, 3.63) is 10.2 Å². The lowest BCUT2D eigenvalue weighted by atomic mass is 10.5. The molecule has 0 saturated carbocycles. The van der Waals surface area contributed by atoms with Crippen molar-refractivity contribution in [1.82, 2.24) is 0 Å². The van der Waals surface area contributed by atoms with Crippen LogP contribution in [0.5, 0.6) is 0 Å². The third-order valence-electron chi connectivity index (χ3n) is 0.488. The van der Waals surface area contributed by atoms with Crippen molar-refractivity contribution in [2.75, 3.05) is 0 Å². The van der Waals surface area contributed by atoms with Gasteiger partial charge in [-0.1, -0.05) is 23.2 Å². The Bertz CT molecular complexity index is 111. The van der Waals surface area contributed by atoms with Gasteiger partial charge in [-0.15, -0.1) is 0 Å². The minimum atomic E-state index is 0.414. The van der Waals surface area contributed by atoms with Gasteiger partial charge in [-0.2, -0.15) is 0 Å². The van der Waals surface area contributed by atoms with Crippen LogP contribution in [0.4, 0.5) is 0 Å². The molecule has 0 aromatic carbocycles. The number of aliphatic imine (C=N–C) groups is 1. The summed E-state index contributed by atoms with van der Waals surface area (Å²) in [5, 5.41) is 0.966. The molecule has 0 fully saturated rings. The second kappa shape index (κ2) is 1.24. The van der Waals surface area contributed by atoms with Crippen molar-refractivity contribution < 1.29 is 0 Å². The van der Waals surface area contributed by atoms with E-state index in [2.05, 4.69) is 4.99 Å². The van der Waals surface area contributed by atoms with Gasteiger partial charge in [0.2, 0.25) is 0 Å². The molecule has 1 aliphatic rings. The Kier molecular flexibility index (Phi) is 0.862. The molecular formula is C3HCl2N. The summed E-state index contributed by atoms with van der Waals surface area (Å²) >= 11 is 10.5. The molecule has 0 aromatic rings. The van der Waals surface area contributed by atoms with Crippen LogP contribution in [-0.4, -0.2) is 6.21 Å². The van der Waals surface area contributed by atoms with Gasteiger partial charge in [-0.3, -0.25) is 0 Å². The first-order valence-corrected chi connectivity index (χ1v) is 2.15. The Balaban J connectivity index is 2.71. The second-order valence-electron chi connectivity index (χ2n) is 0.897. The van der Waals surface area contributed by atoms with E-state index in [4.69, 9.17) is 23.2 Å². The molecule has 0 unspecified atom stereocenters. The van der Waals surface area contributed by atoms with E-state index in [0.29, 0.717) is 10.2 Å². The molecule has 0 aromatic heterocycles. The molecule has 0 amide bonds. The summed E-state index contributed by atoms with van der Waals surface area (Å²) in [6, 6.07) is 0. The molecule has 32 valence electrons. The molecule has 0 radical (unpaired) electrons. The summed E-state index contributed by atoms with van der Waals surface area (Å²) in [4.78, 5) is 3.54. The Morgan fingerprint density at radius 1 is 1.50 bits per heavy atom. The lowest BCUT2D eigenvalue weighted by Gasteiger charge is -1.97. The summed E-state index contributed by atoms with van der Waals surface area (Å²) in [5.41, 5.74) is 0. The Morgan fingerprint density at radius 2 is 2.00 bits per heavy atom. The van der Waals surface area contributed by atoms with Gasteiger partial charge in [0.05, 0.1) is 11.2 Å². The van der Waals surface area contributed by atoms with E-state index in [1.54, 1.807) is 0 Å². The molecule has 1 aliphatic heterocycles. The van der Waals surface area contributed by atoms with Crippen LogP contribution in [0.15, 0.2) is 15.2 Å². The number of halogens is 2. The Morgan fingerprint density at radius 3 is 2.00 bits per heavy atom. The highest BCUT2D eigenvalue weighted by molar-refractivity contribution is 6.48. The van der Waals surface area contributed by atoms with Crippen LogP contribution in [0.2, 0.25) is 0 Å². The van der Waals surface area contributed by atoms with Crippen molar-refractivity contribution >= 4 is 29.4 Å². The molecule has 6 heavy (non-hydrogen) atoms. The van der Waals surface area contributed by atoms with Gasteiger partial charge in [0.25, 0.3) is 0 Å². The lowest BCUT2D eigenvalue weighted by molar-refractivity contribution is 1.47. The van der Waals surface area contributed by atoms with Gasteiger partial charge in [0.15, 0.2) is 0 Å². The molecule has 0 saturated heterocycles. The highest BCUT2D eigenvalue weighted by atomic mass is 35.5. The maximum atomic E-state index is 5.30. The first-order valence-electron chi connectivity index (χ1n) is 1.40. The number of allylic oxidation sites excluding steroid dienone is 1. The van der Waals surface area contributed by atoms with Crippen LogP contribution in [0.3, 0.4) is 0 Å². The smallest absolute Gasteiger partial charge is 0.149 e. The van der Waals surface area contributed by atoms with E-state index in [1.165, 1.54) is 6.21 Å². The zero-order chi connectivity index (χ0) is 4.57. The number of nitrogens with zero attached hydrogens (tertiary/aromatic N) is 1. The van der Waals surface area contributed by atoms with E-state index in [1.807, 2.05) is 0 Å². The summed E-state index contributed by atoms with van der Waals surface area (Å²) in [7, 11) is 0. The second-order valence-corrected chi connectivity index (χ2v) is 1.66. The molecule has 0 atom stereocenters. The fraction of sp³-hybridized carbons (Fsp3) is 0. The molecule has 1 nitrogen and oxygen atoms in total. The average molecular weight is 122 g/mol. The highest BCUT2D eigenvalue weighted by Gasteiger charge is 2.02. The van der Waals surface area contributed by atoms with Gasteiger partial charge in [-0.25, -0.2) is 4.99 Å². The SMILES string of the molecule is ClC1=C(Cl)N=C1. The minimum Gasteiger partial charge on any atom is -0.241 e. The molecule has 0 spiro atoms. The quantitative estimate of drug-likeness (QED) is 0.433. The van der Waals surface area contributed by atoms with Crippen molar-refractivity contribution in [3.8, 4) is 0 Å². The van der Waals surface area contributed by atoms with Crippen LogP contribution in [-0.2, 0) is 0 Å². The summed E-state index contributed by atoms with van der Waals surface area (Å²) in [6.45, 7) is 0. The van der Waals surface area contributed by atoms with Gasteiger partial charge in [-0.05, 0) is 0 Å². The lowest BCUT2D eigenvalue weighted by Crippen LogP contribution is -1.86. The molecule has 0 bridgehead atoms. The van der Waals surface area contributed by atoms with Crippen LogP contribution < -0.4 is 0 Å². The molecule has 3 heteroatoms. The monoisotopic (exact) mass is 121 g/mol. The zero-order valence-corrected chi connectivity index (χ0v) is 4.29. The first kappa shape index (κ1) is 4.16. The van der Waals surface area contributed by atoms with E-state index in [-0.39, 0.29) is 0 Å². The van der Waals surface area contributed by atoms with Crippen LogP contribution in [0, 0.1) is 0 Å². The zero-order valence-electron chi connectivity index (χ0n) is 2.78. The standard InChI is InChI=1S/C3HCl2N/c4-2-1-6-3(2)5/h1H. The van der Waals surface area contributed by atoms with Crippen LogP contribution in [0.25, 0.3) is 0 Å². The maximum Gasteiger partial charge on any atom is 0.149 e. The minimum absolute atomic E-state index is 0.414. The first-order chi connectivity index (χ1) is 2.80. The maximum absolute atomic E-state index is 5.30.